The molecule has 0 saturated heterocycles. The summed E-state index contributed by atoms with van der Waals surface area (Å²) in [6, 6.07) is 4.48. The van der Waals surface area contributed by atoms with Crippen molar-refractivity contribution < 1.29 is 13.9 Å². The molecule has 1 aromatic rings. The van der Waals surface area contributed by atoms with E-state index in [-0.39, 0.29) is 5.82 Å². The standard InChI is InChI=1S/C12H16FNO2/c1-3-14(6-7-16-2)12-5-4-10(9-15)8-11(12)13/h4-5,8-9H,3,6-7H2,1-2H3. The number of anilines is 1. The van der Waals surface area contributed by atoms with Crippen LogP contribution in [0.25, 0.3) is 0 Å². The summed E-state index contributed by atoms with van der Waals surface area (Å²) in [5.41, 5.74) is 0.856. The smallest absolute Gasteiger partial charge is 0.150 e. The first kappa shape index (κ1) is 12.6. The Hall–Kier alpha value is -1.42. The molecule has 0 amide bonds. The zero-order chi connectivity index (χ0) is 12.0. The van der Waals surface area contributed by atoms with Gasteiger partial charge >= 0.3 is 0 Å². The van der Waals surface area contributed by atoms with Crippen LogP contribution in [-0.4, -0.2) is 33.1 Å². The number of ether oxygens (including phenoxy) is 1. The molecule has 0 saturated carbocycles. The van der Waals surface area contributed by atoms with Crippen LogP contribution in [0, 0.1) is 5.82 Å². The summed E-state index contributed by atoms with van der Waals surface area (Å²) in [5.74, 6) is -0.373. The number of rotatable bonds is 6. The molecule has 1 aromatic carbocycles. The molecule has 0 aliphatic rings. The molecular weight excluding hydrogens is 209 g/mol. The lowest BCUT2D eigenvalue weighted by atomic mass is 10.2. The number of benzene rings is 1. The second-order valence-corrected chi connectivity index (χ2v) is 3.40. The van der Waals surface area contributed by atoms with Crippen LogP contribution in [-0.2, 0) is 4.74 Å². The van der Waals surface area contributed by atoms with Gasteiger partial charge in [-0.3, -0.25) is 4.79 Å². The SMILES string of the molecule is CCN(CCOC)c1ccc(C=O)cc1F. The molecule has 0 fully saturated rings. The van der Waals surface area contributed by atoms with Gasteiger partial charge in [0.2, 0.25) is 0 Å². The van der Waals surface area contributed by atoms with E-state index in [4.69, 9.17) is 4.74 Å². The van der Waals surface area contributed by atoms with Gasteiger partial charge in [-0.15, -0.1) is 0 Å². The van der Waals surface area contributed by atoms with Crippen molar-refractivity contribution in [3.05, 3.63) is 29.6 Å². The van der Waals surface area contributed by atoms with Gasteiger partial charge in [0.15, 0.2) is 0 Å². The van der Waals surface area contributed by atoms with Gasteiger partial charge in [-0.2, -0.15) is 0 Å². The van der Waals surface area contributed by atoms with Gasteiger partial charge < -0.3 is 9.64 Å². The summed E-state index contributed by atoms with van der Waals surface area (Å²) in [6.45, 7) is 3.82. The third kappa shape index (κ3) is 3.03. The Morgan fingerprint density at radius 1 is 1.50 bits per heavy atom. The zero-order valence-corrected chi connectivity index (χ0v) is 9.57. The van der Waals surface area contributed by atoms with Crippen molar-refractivity contribution in [2.75, 3.05) is 31.7 Å². The van der Waals surface area contributed by atoms with E-state index in [0.717, 1.165) is 0 Å². The molecule has 0 aliphatic heterocycles. The van der Waals surface area contributed by atoms with Crippen LogP contribution in [0.2, 0.25) is 0 Å². The number of nitrogens with zero attached hydrogens (tertiary/aromatic N) is 1. The molecule has 0 spiro atoms. The third-order valence-corrected chi connectivity index (χ3v) is 2.40. The molecule has 88 valence electrons. The molecule has 0 atom stereocenters. The normalized spacial score (nSPS) is 10.2. The van der Waals surface area contributed by atoms with Crippen LogP contribution in [0.3, 0.4) is 0 Å². The Balaban J connectivity index is 2.87. The molecule has 0 unspecified atom stereocenters. The first-order chi connectivity index (χ1) is 7.72. The van der Waals surface area contributed by atoms with Crippen molar-refractivity contribution in [3.8, 4) is 0 Å². The lowest BCUT2D eigenvalue weighted by Gasteiger charge is -2.23. The monoisotopic (exact) mass is 225 g/mol. The number of carbonyl (C=O) groups excluding carboxylic acids is 1. The van der Waals surface area contributed by atoms with E-state index < -0.39 is 0 Å². The second kappa shape index (κ2) is 6.23. The fraction of sp³-hybridized carbons (Fsp3) is 0.417. The van der Waals surface area contributed by atoms with Crippen LogP contribution in [0.4, 0.5) is 10.1 Å². The molecular formula is C12H16FNO2. The van der Waals surface area contributed by atoms with Gasteiger partial charge in [0.1, 0.15) is 12.1 Å². The van der Waals surface area contributed by atoms with E-state index in [1.165, 1.54) is 6.07 Å². The maximum absolute atomic E-state index is 13.7. The summed E-state index contributed by atoms with van der Waals surface area (Å²) in [4.78, 5) is 12.3. The fourth-order valence-electron chi connectivity index (χ4n) is 1.50. The number of halogens is 1. The van der Waals surface area contributed by atoms with E-state index >= 15 is 0 Å². The molecule has 0 bridgehead atoms. The van der Waals surface area contributed by atoms with E-state index in [1.807, 2.05) is 11.8 Å². The number of likely N-dealkylation sites (N-methyl/N-ethyl adjacent to an activating group) is 1. The summed E-state index contributed by atoms with van der Waals surface area (Å²) in [7, 11) is 1.61. The quantitative estimate of drug-likeness (QED) is 0.694. The fourth-order valence-corrected chi connectivity index (χ4v) is 1.50. The Morgan fingerprint density at radius 2 is 2.25 bits per heavy atom. The summed E-state index contributed by atoms with van der Waals surface area (Å²) in [6.07, 6.45) is 0.637. The zero-order valence-electron chi connectivity index (χ0n) is 9.57. The largest absolute Gasteiger partial charge is 0.383 e. The molecule has 0 radical (unpaired) electrons. The van der Waals surface area contributed by atoms with E-state index in [2.05, 4.69) is 0 Å². The van der Waals surface area contributed by atoms with Crippen LogP contribution >= 0.6 is 0 Å². The highest BCUT2D eigenvalue weighted by atomic mass is 19.1. The first-order valence-electron chi connectivity index (χ1n) is 5.21. The highest BCUT2D eigenvalue weighted by Gasteiger charge is 2.10. The molecule has 0 aliphatic carbocycles. The molecule has 0 heterocycles. The average Bonchev–Trinajstić information content (AvgIpc) is 2.31. The Morgan fingerprint density at radius 3 is 2.75 bits per heavy atom. The van der Waals surface area contributed by atoms with E-state index in [9.17, 15) is 9.18 Å². The van der Waals surface area contributed by atoms with Crippen LogP contribution in [0.5, 0.6) is 0 Å². The number of carbonyl (C=O) groups is 1. The van der Waals surface area contributed by atoms with Gasteiger partial charge in [-0.1, -0.05) is 0 Å². The Bertz CT molecular complexity index is 355. The van der Waals surface area contributed by atoms with E-state index in [0.29, 0.717) is 37.2 Å². The minimum Gasteiger partial charge on any atom is -0.383 e. The molecule has 4 heteroatoms. The highest BCUT2D eigenvalue weighted by molar-refractivity contribution is 5.75. The lowest BCUT2D eigenvalue weighted by Crippen LogP contribution is -2.27. The van der Waals surface area contributed by atoms with Crippen LogP contribution < -0.4 is 4.90 Å². The minimum absolute atomic E-state index is 0.351. The summed E-state index contributed by atoms with van der Waals surface area (Å²) < 4.78 is 18.6. The van der Waals surface area contributed by atoms with Gasteiger partial charge in [0.25, 0.3) is 0 Å². The number of aldehydes is 1. The average molecular weight is 225 g/mol. The summed E-state index contributed by atoms with van der Waals surface area (Å²) >= 11 is 0. The predicted molar refractivity (Wildman–Crippen MR) is 61.6 cm³/mol. The van der Waals surface area contributed by atoms with E-state index in [1.54, 1.807) is 19.2 Å². The topological polar surface area (TPSA) is 29.5 Å². The van der Waals surface area contributed by atoms with Crippen molar-refractivity contribution >= 4 is 12.0 Å². The van der Waals surface area contributed by atoms with Gasteiger partial charge in [0, 0.05) is 25.8 Å². The predicted octanol–water partition coefficient (Wildman–Crippen LogP) is 2.11. The third-order valence-electron chi connectivity index (χ3n) is 2.40. The van der Waals surface area contributed by atoms with Gasteiger partial charge in [-0.05, 0) is 25.1 Å². The molecule has 0 N–H and O–H groups in total. The van der Waals surface area contributed by atoms with Crippen molar-refractivity contribution in [2.24, 2.45) is 0 Å². The van der Waals surface area contributed by atoms with Crippen molar-refractivity contribution in [3.63, 3.8) is 0 Å². The maximum Gasteiger partial charge on any atom is 0.150 e. The number of methoxy groups -OCH3 is 1. The molecule has 16 heavy (non-hydrogen) atoms. The van der Waals surface area contributed by atoms with Crippen molar-refractivity contribution in [1.29, 1.82) is 0 Å². The highest BCUT2D eigenvalue weighted by Crippen LogP contribution is 2.19. The van der Waals surface area contributed by atoms with Gasteiger partial charge in [0.05, 0.1) is 12.3 Å². The lowest BCUT2D eigenvalue weighted by molar-refractivity contribution is 0.112. The van der Waals surface area contributed by atoms with Crippen LogP contribution in [0.1, 0.15) is 17.3 Å². The van der Waals surface area contributed by atoms with Crippen molar-refractivity contribution in [2.45, 2.75) is 6.92 Å². The van der Waals surface area contributed by atoms with Gasteiger partial charge in [-0.25, -0.2) is 4.39 Å². The molecule has 1 rings (SSSR count). The minimum atomic E-state index is -0.373. The van der Waals surface area contributed by atoms with Crippen molar-refractivity contribution in [1.82, 2.24) is 0 Å². The molecule has 0 aromatic heterocycles. The Labute approximate surface area is 94.8 Å². The number of hydrogen-bond acceptors (Lipinski definition) is 3. The summed E-state index contributed by atoms with van der Waals surface area (Å²) in [5, 5.41) is 0. The second-order valence-electron chi connectivity index (χ2n) is 3.40. The first-order valence-corrected chi connectivity index (χ1v) is 5.21. The maximum atomic E-state index is 13.7. The molecule has 3 nitrogen and oxygen atoms in total. The number of hydrogen-bond donors (Lipinski definition) is 0. The Kier molecular flexibility index (Phi) is 4.92. The van der Waals surface area contributed by atoms with Crippen LogP contribution in [0.15, 0.2) is 18.2 Å².